The fourth-order valence-corrected chi connectivity index (χ4v) is 3.99. The highest BCUT2D eigenvalue weighted by Gasteiger charge is 2.20. The molecular weight excluding hydrogens is 386 g/mol. The summed E-state index contributed by atoms with van der Waals surface area (Å²) in [6.07, 6.45) is 2.56. The Bertz CT molecular complexity index is 1060. The minimum absolute atomic E-state index is 0.0865. The summed E-state index contributed by atoms with van der Waals surface area (Å²) in [5.74, 6) is 1.29. The molecule has 0 spiro atoms. The quantitative estimate of drug-likeness (QED) is 0.473. The molecule has 1 aliphatic rings. The monoisotopic (exact) mass is 407 g/mol. The molecule has 0 fully saturated rings. The van der Waals surface area contributed by atoms with Gasteiger partial charge < -0.3 is 15.0 Å². The number of aryl methyl sites for hydroxylation is 1. The van der Waals surface area contributed by atoms with Crippen molar-refractivity contribution < 1.29 is 9.53 Å². The van der Waals surface area contributed by atoms with Gasteiger partial charge in [0.1, 0.15) is 11.5 Å². The van der Waals surface area contributed by atoms with E-state index in [4.69, 9.17) is 4.74 Å². The summed E-state index contributed by atoms with van der Waals surface area (Å²) in [6.45, 7) is 1.79. The lowest BCUT2D eigenvalue weighted by molar-refractivity contribution is -0.115. The van der Waals surface area contributed by atoms with Crippen LogP contribution in [0, 0.1) is 0 Å². The second kappa shape index (κ2) is 8.53. The van der Waals surface area contributed by atoms with E-state index in [-0.39, 0.29) is 11.5 Å². The molecule has 1 aromatic heterocycles. The van der Waals surface area contributed by atoms with Gasteiger partial charge in [-0.15, -0.1) is 0 Å². The maximum Gasteiger partial charge on any atom is 0.254 e. The maximum atomic E-state index is 12.5. The number of nitrogens with zero attached hydrogens (tertiary/aromatic N) is 1. The Morgan fingerprint density at radius 1 is 1.10 bits per heavy atom. The minimum Gasteiger partial charge on any atom is -0.457 e. The van der Waals surface area contributed by atoms with E-state index in [0.29, 0.717) is 16.6 Å². The number of ether oxygens (including phenoxy) is 1. The number of H-pyrrole nitrogens is 1. The summed E-state index contributed by atoms with van der Waals surface area (Å²) in [5, 5.41) is 2.97. The Morgan fingerprint density at radius 3 is 2.59 bits per heavy atom. The number of hydrogen-bond acceptors (Lipinski definition) is 5. The molecule has 1 heterocycles. The number of carbonyl (C=O) groups excluding carboxylic acids is 1. The van der Waals surface area contributed by atoms with Gasteiger partial charge in [-0.2, -0.15) is 0 Å². The predicted molar refractivity (Wildman–Crippen MR) is 114 cm³/mol. The molecular formula is C22H21N3O3S. The molecule has 2 aromatic carbocycles. The van der Waals surface area contributed by atoms with E-state index >= 15 is 0 Å². The molecule has 7 heteroatoms. The van der Waals surface area contributed by atoms with Gasteiger partial charge in [-0.25, -0.2) is 4.98 Å². The number of aromatic nitrogens is 2. The second-order valence-electron chi connectivity index (χ2n) is 6.84. The highest BCUT2D eigenvalue weighted by molar-refractivity contribution is 8.00. The summed E-state index contributed by atoms with van der Waals surface area (Å²) in [4.78, 5) is 31.9. The third-order valence-corrected chi connectivity index (χ3v) is 5.66. The van der Waals surface area contributed by atoms with Gasteiger partial charge in [-0.05, 0) is 62.6 Å². The zero-order chi connectivity index (χ0) is 20.2. The predicted octanol–water partition coefficient (Wildman–Crippen LogP) is 4.17. The van der Waals surface area contributed by atoms with Crippen molar-refractivity contribution in [3.8, 4) is 11.5 Å². The number of thioether (sulfide) groups is 1. The van der Waals surface area contributed by atoms with Crippen LogP contribution in [0.2, 0.25) is 0 Å². The van der Waals surface area contributed by atoms with Gasteiger partial charge in [-0.1, -0.05) is 30.0 Å². The van der Waals surface area contributed by atoms with Crippen LogP contribution in [0.25, 0.3) is 0 Å². The van der Waals surface area contributed by atoms with Crippen LogP contribution in [0.5, 0.6) is 11.5 Å². The van der Waals surface area contributed by atoms with Gasteiger partial charge in [-0.3, -0.25) is 9.59 Å². The van der Waals surface area contributed by atoms with Crippen LogP contribution in [-0.4, -0.2) is 21.1 Å². The van der Waals surface area contributed by atoms with Crippen molar-refractivity contribution in [1.82, 2.24) is 9.97 Å². The molecule has 1 amide bonds. The third kappa shape index (κ3) is 4.68. The summed E-state index contributed by atoms with van der Waals surface area (Å²) in [6, 6.07) is 16.7. The standard InChI is InChI=1S/C22H21N3O3S/c1-14(29-22-24-19-9-5-8-18(19)21(27)25-22)20(26)23-15-10-12-17(13-11-15)28-16-6-3-2-4-7-16/h2-4,6-7,10-14H,5,8-9H2,1H3,(H,23,26)(H,24,25,27)/t14-/m0/s1. The summed E-state index contributed by atoms with van der Waals surface area (Å²) in [7, 11) is 0. The molecule has 148 valence electrons. The molecule has 1 atom stereocenters. The first-order chi connectivity index (χ1) is 14.1. The van der Waals surface area contributed by atoms with Gasteiger partial charge >= 0.3 is 0 Å². The molecule has 0 unspecified atom stereocenters. The van der Waals surface area contributed by atoms with E-state index in [2.05, 4.69) is 15.3 Å². The third-order valence-electron chi connectivity index (χ3n) is 4.68. The SMILES string of the molecule is C[C@H](Sc1nc2c(c(=O)[nH]1)CCC2)C(=O)Nc1ccc(Oc2ccccc2)cc1. The number of nitrogens with one attached hydrogen (secondary N) is 2. The van der Waals surface area contributed by atoms with Crippen molar-refractivity contribution >= 4 is 23.4 Å². The lowest BCUT2D eigenvalue weighted by Gasteiger charge is -2.12. The van der Waals surface area contributed by atoms with E-state index in [0.717, 1.165) is 36.3 Å². The number of carbonyl (C=O) groups is 1. The Hall–Kier alpha value is -3.06. The molecule has 29 heavy (non-hydrogen) atoms. The van der Waals surface area contributed by atoms with E-state index in [1.54, 1.807) is 31.2 Å². The first-order valence-corrected chi connectivity index (χ1v) is 10.4. The van der Waals surface area contributed by atoms with E-state index in [1.165, 1.54) is 11.8 Å². The van der Waals surface area contributed by atoms with Crippen LogP contribution in [0.4, 0.5) is 5.69 Å². The zero-order valence-electron chi connectivity index (χ0n) is 16.0. The molecule has 2 N–H and O–H groups in total. The van der Waals surface area contributed by atoms with Crippen molar-refractivity contribution in [2.45, 2.75) is 36.6 Å². The van der Waals surface area contributed by atoms with Crippen molar-refractivity contribution in [3.63, 3.8) is 0 Å². The fraction of sp³-hybridized carbons (Fsp3) is 0.227. The largest absolute Gasteiger partial charge is 0.457 e. The average Bonchev–Trinajstić information content (AvgIpc) is 3.19. The Kier molecular flexibility index (Phi) is 5.67. The molecule has 0 radical (unpaired) electrons. The number of anilines is 1. The van der Waals surface area contributed by atoms with E-state index in [1.807, 2.05) is 30.3 Å². The molecule has 0 aliphatic heterocycles. The molecule has 1 aliphatic carbocycles. The van der Waals surface area contributed by atoms with Crippen LogP contribution in [0.15, 0.2) is 64.5 Å². The van der Waals surface area contributed by atoms with Crippen molar-refractivity contribution in [3.05, 3.63) is 76.2 Å². The number of benzene rings is 2. The normalized spacial score (nSPS) is 13.6. The van der Waals surface area contributed by atoms with Crippen molar-refractivity contribution in [2.75, 3.05) is 5.32 Å². The number of aromatic amines is 1. The number of fused-ring (bicyclic) bond motifs is 1. The molecule has 6 nitrogen and oxygen atoms in total. The number of amides is 1. The van der Waals surface area contributed by atoms with Gasteiger partial charge in [0.05, 0.1) is 10.9 Å². The van der Waals surface area contributed by atoms with Crippen LogP contribution in [0.3, 0.4) is 0 Å². The van der Waals surface area contributed by atoms with Gasteiger partial charge in [0.15, 0.2) is 5.16 Å². The Morgan fingerprint density at radius 2 is 1.83 bits per heavy atom. The Balaban J connectivity index is 1.36. The number of hydrogen-bond donors (Lipinski definition) is 2. The van der Waals surface area contributed by atoms with Crippen molar-refractivity contribution in [1.29, 1.82) is 0 Å². The first-order valence-electron chi connectivity index (χ1n) is 9.51. The van der Waals surface area contributed by atoms with Gasteiger partial charge in [0.25, 0.3) is 5.56 Å². The van der Waals surface area contributed by atoms with Crippen LogP contribution in [-0.2, 0) is 17.6 Å². The minimum atomic E-state index is -0.405. The summed E-state index contributed by atoms with van der Waals surface area (Å²) >= 11 is 1.25. The van der Waals surface area contributed by atoms with Gasteiger partial charge in [0, 0.05) is 11.3 Å². The zero-order valence-corrected chi connectivity index (χ0v) is 16.8. The van der Waals surface area contributed by atoms with Crippen LogP contribution < -0.4 is 15.6 Å². The number of para-hydroxylation sites is 1. The van der Waals surface area contributed by atoms with E-state index in [9.17, 15) is 9.59 Å². The Labute approximate surface area is 172 Å². The lowest BCUT2D eigenvalue weighted by atomic mass is 10.3. The lowest BCUT2D eigenvalue weighted by Crippen LogP contribution is -2.23. The topological polar surface area (TPSA) is 84.1 Å². The molecule has 0 saturated heterocycles. The highest BCUT2D eigenvalue weighted by Crippen LogP contribution is 2.25. The second-order valence-corrected chi connectivity index (χ2v) is 8.17. The molecule has 0 bridgehead atoms. The van der Waals surface area contributed by atoms with E-state index < -0.39 is 5.25 Å². The van der Waals surface area contributed by atoms with Crippen molar-refractivity contribution in [2.24, 2.45) is 0 Å². The molecule has 3 aromatic rings. The molecule has 4 rings (SSSR count). The molecule has 0 saturated carbocycles. The summed E-state index contributed by atoms with van der Waals surface area (Å²) < 4.78 is 5.75. The highest BCUT2D eigenvalue weighted by atomic mass is 32.2. The fourth-order valence-electron chi connectivity index (χ4n) is 3.17. The average molecular weight is 407 g/mol. The van der Waals surface area contributed by atoms with Crippen LogP contribution >= 0.6 is 11.8 Å². The smallest absolute Gasteiger partial charge is 0.254 e. The van der Waals surface area contributed by atoms with Crippen LogP contribution in [0.1, 0.15) is 24.6 Å². The van der Waals surface area contributed by atoms with Gasteiger partial charge in [0.2, 0.25) is 5.91 Å². The number of rotatable bonds is 6. The maximum absolute atomic E-state index is 12.5. The summed E-state index contributed by atoms with van der Waals surface area (Å²) in [5.41, 5.74) is 2.23. The first kappa shape index (κ1) is 19.3.